The molecule has 1 aromatic carbocycles. The highest BCUT2D eigenvalue weighted by Crippen LogP contribution is 2.39. The number of nitrogens with zero attached hydrogens (tertiary/aromatic N) is 2. The Bertz CT molecular complexity index is 1010. The van der Waals surface area contributed by atoms with Crippen molar-refractivity contribution in [2.45, 2.75) is 52.1 Å². The van der Waals surface area contributed by atoms with Gasteiger partial charge < -0.3 is 24.6 Å². The molecule has 2 aliphatic rings. The van der Waals surface area contributed by atoms with Crippen LogP contribution in [0.15, 0.2) is 18.2 Å². The molecule has 0 radical (unpaired) electrons. The average molecular weight is 456 g/mol. The average Bonchev–Trinajstić information content (AvgIpc) is 3.12. The second kappa shape index (κ2) is 10.3. The second-order valence-corrected chi connectivity index (χ2v) is 9.64. The highest BCUT2D eigenvalue weighted by Gasteiger charge is 2.31. The fourth-order valence-electron chi connectivity index (χ4n) is 5.53. The molecule has 0 bridgehead atoms. The van der Waals surface area contributed by atoms with E-state index in [9.17, 15) is 14.7 Å². The van der Waals surface area contributed by atoms with Gasteiger partial charge in [0, 0.05) is 55.5 Å². The van der Waals surface area contributed by atoms with E-state index in [1.165, 1.54) is 28.6 Å². The number of carbonyl (C=O) groups is 2. The van der Waals surface area contributed by atoms with Gasteiger partial charge in [0.2, 0.25) is 5.91 Å². The molecule has 7 nitrogen and oxygen atoms in total. The topological polar surface area (TPSA) is 83.8 Å². The van der Waals surface area contributed by atoms with Crippen molar-refractivity contribution in [3.8, 4) is 0 Å². The first-order valence-corrected chi connectivity index (χ1v) is 12.3. The van der Waals surface area contributed by atoms with Crippen LogP contribution in [0.4, 0.5) is 0 Å². The highest BCUT2D eigenvalue weighted by molar-refractivity contribution is 6.00. The van der Waals surface area contributed by atoms with E-state index in [-0.39, 0.29) is 24.9 Å². The van der Waals surface area contributed by atoms with Crippen LogP contribution in [-0.4, -0.2) is 65.3 Å². The zero-order valence-corrected chi connectivity index (χ0v) is 20.1. The number of carbonyl (C=O) groups excluding carboxylic acids is 2. The van der Waals surface area contributed by atoms with E-state index in [1.807, 2.05) is 25.1 Å². The Morgan fingerprint density at radius 3 is 2.70 bits per heavy atom. The molecule has 0 saturated carbocycles. The Morgan fingerprint density at radius 1 is 1.24 bits per heavy atom. The van der Waals surface area contributed by atoms with Crippen molar-refractivity contribution in [3.05, 3.63) is 35.0 Å². The van der Waals surface area contributed by atoms with Crippen LogP contribution in [0.2, 0.25) is 0 Å². The first kappa shape index (κ1) is 23.8. The summed E-state index contributed by atoms with van der Waals surface area (Å²) in [5.74, 6) is 1.00. The minimum atomic E-state index is -0.614. The maximum atomic E-state index is 13.3. The molecule has 1 aromatic heterocycles. The van der Waals surface area contributed by atoms with Crippen LogP contribution in [0.5, 0.6) is 0 Å². The quantitative estimate of drug-likeness (QED) is 0.672. The zero-order chi connectivity index (χ0) is 23.5. The molecule has 2 N–H and O–H groups in total. The lowest BCUT2D eigenvalue weighted by atomic mass is 9.75. The van der Waals surface area contributed by atoms with Gasteiger partial charge in [-0.1, -0.05) is 0 Å². The number of aliphatic hydroxyl groups excluding tert-OH is 1. The standard InChI is InChI=1S/C26H37N3O4/c1-4-29(16-25(31)27-15-17(2)30)26(32)20-6-8-24-22(14-20)21-13-19(5-7-23(21)28(24)3)18-9-11-33-12-10-18/h6,8,14,17-19,30H,4-5,7,9-13,15-16H2,1-3H3,(H,27,31)/t17-,19?/m1/s1. The van der Waals surface area contributed by atoms with E-state index in [2.05, 4.69) is 16.9 Å². The molecule has 1 unspecified atom stereocenters. The zero-order valence-electron chi connectivity index (χ0n) is 20.1. The Hall–Kier alpha value is -2.38. The number of nitrogens with one attached hydrogen (secondary N) is 1. The van der Waals surface area contributed by atoms with Gasteiger partial charge in [-0.05, 0) is 81.5 Å². The van der Waals surface area contributed by atoms with Gasteiger partial charge in [0.25, 0.3) is 5.91 Å². The molecule has 2 atom stereocenters. The first-order valence-electron chi connectivity index (χ1n) is 12.3. The maximum Gasteiger partial charge on any atom is 0.254 e. The number of likely N-dealkylation sites (N-methyl/N-ethyl adjacent to an activating group) is 1. The van der Waals surface area contributed by atoms with E-state index in [1.54, 1.807) is 11.8 Å². The Morgan fingerprint density at radius 2 is 2.00 bits per heavy atom. The number of amides is 2. The SMILES string of the molecule is CCN(CC(=O)NC[C@@H](C)O)C(=O)c1ccc2c(c1)c1c(n2C)CCC(C2CCOCC2)C1. The second-order valence-electron chi connectivity index (χ2n) is 9.64. The largest absolute Gasteiger partial charge is 0.392 e. The number of ether oxygens (including phenoxy) is 1. The molecule has 180 valence electrons. The Labute approximate surface area is 196 Å². The van der Waals surface area contributed by atoms with Gasteiger partial charge in [0.15, 0.2) is 0 Å². The van der Waals surface area contributed by atoms with Gasteiger partial charge >= 0.3 is 0 Å². The first-order chi connectivity index (χ1) is 15.9. The number of benzene rings is 1. The summed E-state index contributed by atoms with van der Waals surface area (Å²) in [5.41, 5.74) is 4.57. The molecule has 1 fully saturated rings. The molecular weight excluding hydrogens is 418 g/mol. The predicted octanol–water partition coefficient (Wildman–Crippen LogP) is 2.67. The van der Waals surface area contributed by atoms with Gasteiger partial charge in [-0.3, -0.25) is 9.59 Å². The van der Waals surface area contributed by atoms with Gasteiger partial charge in [-0.25, -0.2) is 0 Å². The molecule has 1 aliphatic heterocycles. The molecule has 2 heterocycles. The van der Waals surface area contributed by atoms with Crippen LogP contribution in [0, 0.1) is 11.8 Å². The molecule has 4 rings (SSSR count). The van der Waals surface area contributed by atoms with Crippen LogP contribution in [0.3, 0.4) is 0 Å². The maximum absolute atomic E-state index is 13.3. The van der Waals surface area contributed by atoms with Crippen molar-refractivity contribution < 1.29 is 19.4 Å². The van der Waals surface area contributed by atoms with Gasteiger partial charge in [-0.2, -0.15) is 0 Å². The van der Waals surface area contributed by atoms with E-state index in [4.69, 9.17) is 4.74 Å². The summed E-state index contributed by atoms with van der Waals surface area (Å²) < 4.78 is 7.87. The van der Waals surface area contributed by atoms with Crippen molar-refractivity contribution in [2.75, 3.05) is 32.8 Å². The third-order valence-electron chi connectivity index (χ3n) is 7.43. The molecule has 1 saturated heterocycles. The summed E-state index contributed by atoms with van der Waals surface area (Å²) in [4.78, 5) is 27.0. The van der Waals surface area contributed by atoms with Crippen molar-refractivity contribution in [1.82, 2.24) is 14.8 Å². The van der Waals surface area contributed by atoms with Crippen molar-refractivity contribution in [3.63, 3.8) is 0 Å². The number of rotatable bonds is 7. The molecule has 7 heteroatoms. The van der Waals surface area contributed by atoms with Crippen molar-refractivity contribution in [1.29, 1.82) is 0 Å². The third-order valence-corrected chi connectivity index (χ3v) is 7.43. The van der Waals surface area contributed by atoms with E-state index < -0.39 is 6.10 Å². The minimum absolute atomic E-state index is 0.0151. The molecule has 0 spiro atoms. The Kier molecular flexibility index (Phi) is 7.39. The normalized spacial score (nSPS) is 19.8. The summed E-state index contributed by atoms with van der Waals surface area (Å²) in [6.45, 7) is 5.85. The fraction of sp³-hybridized carbons (Fsp3) is 0.615. The summed E-state index contributed by atoms with van der Waals surface area (Å²) in [7, 11) is 2.13. The number of aromatic nitrogens is 1. The van der Waals surface area contributed by atoms with Gasteiger partial charge in [-0.15, -0.1) is 0 Å². The van der Waals surface area contributed by atoms with Gasteiger partial charge in [0.1, 0.15) is 0 Å². The van der Waals surface area contributed by atoms with E-state index >= 15 is 0 Å². The van der Waals surface area contributed by atoms with E-state index in [0.717, 1.165) is 44.8 Å². The smallest absolute Gasteiger partial charge is 0.254 e. The number of hydrogen-bond acceptors (Lipinski definition) is 4. The van der Waals surface area contributed by atoms with Crippen molar-refractivity contribution >= 4 is 22.7 Å². The summed E-state index contributed by atoms with van der Waals surface area (Å²) in [6, 6.07) is 5.95. The van der Waals surface area contributed by atoms with Crippen LogP contribution in [0.25, 0.3) is 10.9 Å². The van der Waals surface area contributed by atoms with Crippen LogP contribution in [0.1, 0.15) is 54.7 Å². The van der Waals surface area contributed by atoms with Crippen LogP contribution >= 0.6 is 0 Å². The van der Waals surface area contributed by atoms with Crippen molar-refractivity contribution in [2.24, 2.45) is 18.9 Å². The molecule has 2 aromatic rings. The number of aryl methyl sites for hydroxylation is 1. The monoisotopic (exact) mass is 455 g/mol. The summed E-state index contributed by atoms with van der Waals surface area (Å²) >= 11 is 0. The molecular formula is C26H37N3O4. The van der Waals surface area contributed by atoms with Crippen LogP contribution < -0.4 is 5.32 Å². The lowest BCUT2D eigenvalue weighted by molar-refractivity contribution is -0.122. The number of aliphatic hydroxyl groups is 1. The molecule has 2 amide bonds. The lowest BCUT2D eigenvalue weighted by Crippen LogP contribution is -2.42. The molecule has 1 aliphatic carbocycles. The highest BCUT2D eigenvalue weighted by atomic mass is 16.5. The van der Waals surface area contributed by atoms with Gasteiger partial charge in [0.05, 0.1) is 12.6 Å². The predicted molar refractivity (Wildman–Crippen MR) is 128 cm³/mol. The fourth-order valence-corrected chi connectivity index (χ4v) is 5.53. The Balaban J connectivity index is 1.56. The lowest BCUT2D eigenvalue weighted by Gasteiger charge is -2.33. The summed E-state index contributed by atoms with van der Waals surface area (Å²) in [6.07, 6.45) is 5.05. The molecule has 33 heavy (non-hydrogen) atoms. The van der Waals surface area contributed by atoms with E-state index in [0.29, 0.717) is 18.0 Å². The number of fused-ring (bicyclic) bond motifs is 3. The minimum Gasteiger partial charge on any atom is -0.392 e. The third kappa shape index (κ3) is 5.09. The number of hydrogen-bond donors (Lipinski definition) is 2. The summed E-state index contributed by atoms with van der Waals surface area (Å²) in [5, 5.41) is 13.2. The van der Waals surface area contributed by atoms with Crippen LogP contribution in [-0.2, 0) is 29.4 Å².